The van der Waals surface area contributed by atoms with Gasteiger partial charge in [0.05, 0.1) is 26.7 Å². The Morgan fingerprint density at radius 1 is 1.47 bits per heavy atom. The second-order valence-corrected chi connectivity index (χ2v) is 7.63. The second-order valence-electron chi connectivity index (χ2n) is 4.26. The molecule has 1 heterocycles. The fourth-order valence-electron chi connectivity index (χ4n) is 1.62. The van der Waals surface area contributed by atoms with E-state index in [1.807, 2.05) is 6.07 Å². The molecule has 2 rings (SSSR count). The van der Waals surface area contributed by atoms with Crippen molar-refractivity contribution in [2.75, 3.05) is 16.4 Å². The van der Waals surface area contributed by atoms with Crippen LogP contribution in [-0.4, -0.2) is 25.0 Å². The smallest absolute Gasteiger partial charge is 0.233 e. The normalized spacial score (nSPS) is 13.6. The highest BCUT2D eigenvalue weighted by molar-refractivity contribution is 7.92. The molecule has 1 aromatic carbocycles. The SMILES string of the molecule is CC(CCl)CS(=O)(=O)Nc1c(Cl)ccc2scnc12. The molecule has 1 unspecified atom stereocenters. The molecule has 104 valence electrons. The highest BCUT2D eigenvalue weighted by atomic mass is 35.5. The van der Waals surface area contributed by atoms with Crippen LogP contribution < -0.4 is 4.72 Å². The van der Waals surface area contributed by atoms with Gasteiger partial charge in [0, 0.05) is 5.88 Å². The van der Waals surface area contributed by atoms with Crippen molar-refractivity contribution < 1.29 is 8.42 Å². The molecule has 0 fully saturated rings. The number of fused-ring (bicyclic) bond motifs is 1. The summed E-state index contributed by atoms with van der Waals surface area (Å²) in [7, 11) is -3.49. The van der Waals surface area contributed by atoms with Crippen LogP contribution in [0.5, 0.6) is 0 Å². The Bertz CT molecular complexity index is 685. The van der Waals surface area contributed by atoms with Crippen molar-refractivity contribution in [1.82, 2.24) is 4.98 Å². The van der Waals surface area contributed by atoms with Gasteiger partial charge in [0.1, 0.15) is 5.52 Å². The number of aromatic nitrogens is 1. The molecule has 0 amide bonds. The standard InChI is InChI=1S/C11H12Cl2N2O2S2/c1-7(4-12)5-19(16,17)15-10-8(13)2-3-9-11(10)14-6-18-9/h2-3,6-7,15H,4-5H2,1H3. The molecule has 0 spiro atoms. The number of hydrogen-bond acceptors (Lipinski definition) is 4. The third-order valence-corrected chi connectivity index (χ3v) is 5.64. The third kappa shape index (κ3) is 3.51. The van der Waals surface area contributed by atoms with Crippen molar-refractivity contribution in [3.05, 3.63) is 22.7 Å². The van der Waals surface area contributed by atoms with E-state index in [1.165, 1.54) is 11.3 Å². The van der Waals surface area contributed by atoms with Crippen LogP contribution in [0.3, 0.4) is 0 Å². The lowest BCUT2D eigenvalue weighted by molar-refractivity contribution is 0.588. The summed E-state index contributed by atoms with van der Waals surface area (Å²) in [5.74, 6) is 0.107. The fraction of sp³-hybridized carbons (Fsp3) is 0.364. The van der Waals surface area contributed by atoms with E-state index in [4.69, 9.17) is 23.2 Å². The maximum absolute atomic E-state index is 12.0. The van der Waals surface area contributed by atoms with Gasteiger partial charge in [0.25, 0.3) is 0 Å². The summed E-state index contributed by atoms with van der Waals surface area (Å²) in [6.07, 6.45) is 0. The first kappa shape index (κ1) is 14.8. The monoisotopic (exact) mass is 338 g/mol. The van der Waals surface area contributed by atoms with Gasteiger partial charge in [-0.25, -0.2) is 13.4 Å². The third-order valence-electron chi connectivity index (χ3n) is 2.48. The number of sulfonamides is 1. The predicted octanol–water partition coefficient (Wildman–Crippen LogP) is 3.57. The van der Waals surface area contributed by atoms with Gasteiger partial charge in [-0.15, -0.1) is 22.9 Å². The summed E-state index contributed by atoms with van der Waals surface area (Å²) in [5, 5.41) is 0.334. The first-order valence-corrected chi connectivity index (χ1v) is 8.95. The maximum Gasteiger partial charge on any atom is 0.233 e. The number of anilines is 1. The van der Waals surface area contributed by atoms with E-state index in [1.54, 1.807) is 18.5 Å². The van der Waals surface area contributed by atoms with Crippen molar-refractivity contribution in [1.29, 1.82) is 0 Å². The lowest BCUT2D eigenvalue weighted by Gasteiger charge is -2.12. The zero-order chi connectivity index (χ0) is 14.0. The van der Waals surface area contributed by atoms with Crippen LogP contribution in [0.25, 0.3) is 10.2 Å². The molecule has 19 heavy (non-hydrogen) atoms. The summed E-state index contributed by atoms with van der Waals surface area (Å²) < 4.78 is 27.5. The number of rotatable bonds is 5. The summed E-state index contributed by atoms with van der Waals surface area (Å²) in [6, 6.07) is 3.47. The molecule has 0 saturated carbocycles. The molecule has 4 nitrogen and oxygen atoms in total. The van der Waals surface area contributed by atoms with Crippen LogP contribution in [0.2, 0.25) is 5.02 Å². The molecule has 0 radical (unpaired) electrons. The Hall–Kier alpha value is -0.560. The molecular weight excluding hydrogens is 327 g/mol. The first-order chi connectivity index (χ1) is 8.93. The van der Waals surface area contributed by atoms with E-state index in [2.05, 4.69) is 9.71 Å². The zero-order valence-electron chi connectivity index (χ0n) is 10.1. The van der Waals surface area contributed by atoms with Crippen molar-refractivity contribution in [2.24, 2.45) is 5.92 Å². The highest BCUT2D eigenvalue weighted by Crippen LogP contribution is 2.33. The molecule has 2 aromatic rings. The summed E-state index contributed by atoms with van der Waals surface area (Å²) in [6.45, 7) is 1.78. The Kier molecular flexibility index (Phi) is 4.55. The summed E-state index contributed by atoms with van der Waals surface area (Å²) in [4.78, 5) is 4.14. The topological polar surface area (TPSA) is 59.1 Å². The highest BCUT2D eigenvalue weighted by Gasteiger charge is 2.19. The number of alkyl halides is 1. The van der Waals surface area contributed by atoms with Gasteiger partial charge in [-0.05, 0) is 18.1 Å². The minimum Gasteiger partial charge on any atom is -0.280 e. The van der Waals surface area contributed by atoms with Crippen LogP contribution in [-0.2, 0) is 10.0 Å². The molecule has 1 atom stereocenters. The average Bonchev–Trinajstić information content (AvgIpc) is 2.80. The lowest BCUT2D eigenvalue weighted by Crippen LogP contribution is -2.22. The van der Waals surface area contributed by atoms with E-state index in [0.29, 0.717) is 16.2 Å². The molecular formula is C11H12Cl2N2O2S2. The molecule has 0 bridgehead atoms. The van der Waals surface area contributed by atoms with Crippen LogP contribution in [0.4, 0.5) is 5.69 Å². The quantitative estimate of drug-likeness (QED) is 0.848. The number of thiazole rings is 1. The Morgan fingerprint density at radius 3 is 2.89 bits per heavy atom. The van der Waals surface area contributed by atoms with E-state index in [9.17, 15) is 8.42 Å². The zero-order valence-corrected chi connectivity index (χ0v) is 13.2. The number of benzene rings is 1. The molecule has 1 aromatic heterocycles. The predicted molar refractivity (Wildman–Crippen MR) is 81.9 cm³/mol. The largest absolute Gasteiger partial charge is 0.280 e. The van der Waals surface area contributed by atoms with Gasteiger partial charge < -0.3 is 0 Å². The average molecular weight is 339 g/mol. The van der Waals surface area contributed by atoms with Crippen LogP contribution in [0.15, 0.2) is 17.6 Å². The van der Waals surface area contributed by atoms with Crippen molar-refractivity contribution in [2.45, 2.75) is 6.92 Å². The van der Waals surface area contributed by atoms with Crippen molar-refractivity contribution in [3.8, 4) is 0 Å². The minimum absolute atomic E-state index is 0.0483. The second kappa shape index (κ2) is 5.83. The maximum atomic E-state index is 12.0. The molecule has 0 saturated heterocycles. The number of nitrogens with one attached hydrogen (secondary N) is 1. The molecule has 8 heteroatoms. The van der Waals surface area contributed by atoms with Gasteiger partial charge in [-0.3, -0.25) is 4.72 Å². The van der Waals surface area contributed by atoms with Crippen LogP contribution in [0, 0.1) is 5.92 Å². The van der Waals surface area contributed by atoms with Crippen LogP contribution in [0.1, 0.15) is 6.92 Å². The first-order valence-electron chi connectivity index (χ1n) is 5.51. The van der Waals surface area contributed by atoms with Gasteiger partial charge in [0.15, 0.2) is 0 Å². The van der Waals surface area contributed by atoms with Gasteiger partial charge in [-0.1, -0.05) is 18.5 Å². The number of halogens is 2. The number of hydrogen-bond donors (Lipinski definition) is 1. The minimum atomic E-state index is -3.49. The molecule has 0 aliphatic carbocycles. The lowest BCUT2D eigenvalue weighted by atomic mass is 10.3. The molecule has 0 aliphatic rings. The summed E-state index contributed by atoms with van der Waals surface area (Å²) >= 11 is 13.1. The number of nitrogens with zero attached hydrogens (tertiary/aromatic N) is 1. The fourth-order valence-corrected chi connectivity index (χ4v) is 4.27. The van der Waals surface area contributed by atoms with E-state index >= 15 is 0 Å². The van der Waals surface area contributed by atoms with Gasteiger partial charge in [0.2, 0.25) is 10.0 Å². The van der Waals surface area contributed by atoms with E-state index < -0.39 is 10.0 Å². The van der Waals surface area contributed by atoms with E-state index in [-0.39, 0.29) is 17.6 Å². The Morgan fingerprint density at radius 2 is 2.21 bits per heavy atom. The van der Waals surface area contributed by atoms with Crippen molar-refractivity contribution >= 4 is 60.5 Å². The van der Waals surface area contributed by atoms with E-state index in [0.717, 1.165) is 4.70 Å². The Labute approximate surface area is 125 Å². The Balaban J connectivity index is 2.35. The molecule has 1 N–H and O–H groups in total. The van der Waals surface area contributed by atoms with Crippen LogP contribution >= 0.6 is 34.5 Å². The van der Waals surface area contributed by atoms with Crippen molar-refractivity contribution in [3.63, 3.8) is 0 Å². The molecule has 0 aliphatic heterocycles. The van der Waals surface area contributed by atoms with Gasteiger partial charge in [-0.2, -0.15) is 0 Å². The van der Waals surface area contributed by atoms with Gasteiger partial charge >= 0.3 is 0 Å². The summed E-state index contributed by atoms with van der Waals surface area (Å²) in [5.41, 5.74) is 2.56.